The molecule has 0 aliphatic heterocycles. The second-order valence-electron chi connectivity index (χ2n) is 7.83. The molecule has 23 heavy (non-hydrogen) atoms. The summed E-state index contributed by atoms with van der Waals surface area (Å²) in [4.78, 5) is 35.3. The third-order valence-electron chi connectivity index (χ3n) is 4.74. The quantitative estimate of drug-likeness (QED) is 0.569. The summed E-state index contributed by atoms with van der Waals surface area (Å²) in [7, 11) is 0. The van der Waals surface area contributed by atoms with Crippen LogP contribution in [0.25, 0.3) is 1.43 Å². The molecule has 0 saturated heterocycles. The second-order valence-corrected chi connectivity index (χ2v) is 7.83. The Morgan fingerprint density at radius 3 is 2.22 bits per heavy atom. The van der Waals surface area contributed by atoms with Crippen molar-refractivity contribution in [2.75, 3.05) is 0 Å². The van der Waals surface area contributed by atoms with Crippen molar-refractivity contribution in [2.24, 2.45) is 16.6 Å². The van der Waals surface area contributed by atoms with E-state index in [-0.39, 0.29) is 22.8 Å². The van der Waals surface area contributed by atoms with E-state index < -0.39 is 30.4 Å². The maximum Gasteiger partial charge on any atom is 0.305 e. The molecule has 0 unspecified atom stereocenters. The van der Waals surface area contributed by atoms with Gasteiger partial charge in [-0.3, -0.25) is 14.4 Å². The number of carbonyl (C=O) groups is 3. The first-order chi connectivity index (χ1) is 10.9. The van der Waals surface area contributed by atoms with Crippen LogP contribution in [0.1, 0.15) is 53.9 Å². The monoisotopic (exact) mass is 328 g/mol. The third kappa shape index (κ3) is 4.92. The molecule has 7 nitrogen and oxygen atoms in total. The zero-order chi connectivity index (χ0) is 18.7. The van der Waals surface area contributed by atoms with Gasteiger partial charge in [0.05, 0.1) is 12.5 Å². The highest BCUT2D eigenvalue weighted by Gasteiger charge is 2.47. The van der Waals surface area contributed by atoms with Crippen LogP contribution in [0, 0.1) is 10.8 Å². The van der Waals surface area contributed by atoms with Crippen LogP contribution >= 0.6 is 0 Å². The minimum absolute atomic E-state index is 0.00354. The fraction of sp³-hybridized carbons (Fsp3) is 0.812. The Morgan fingerprint density at radius 2 is 1.74 bits per heavy atom. The third-order valence-corrected chi connectivity index (χ3v) is 4.74. The number of aliphatic carboxylic acids is 1. The average Bonchev–Trinajstić information content (AvgIpc) is 2.69. The van der Waals surface area contributed by atoms with Crippen molar-refractivity contribution in [2.45, 2.75) is 72.0 Å². The first kappa shape index (κ1) is 17.7. The van der Waals surface area contributed by atoms with Gasteiger partial charge in [0.25, 0.3) is 1.43 Å². The summed E-state index contributed by atoms with van der Waals surface area (Å²) < 4.78 is 6.45. The van der Waals surface area contributed by atoms with Crippen LogP contribution in [0.3, 0.4) is 0 Å². The molecule has 1 fully saturated rings. The Labute approximate surface area is 138 Å². The molecule has 5 N–H and O–H groups in total. The number of carboxylic acids is 1. The largest absolute Gasteiger partial charge is 0.481 e. The van der Waals surface area contributed by atoms with Gasteiger partial charge in [0, 0.05) is 6.04 Å². The molecule has 7 heteroatoms. The second kappa shape index (κ2) is 6.86. The Kier molecular flexibility index (Phi) is 5.29. The van der Waals surface area contributed by atoms with Gasteiger partial charge in [-0.05, 0) is 30.6 Å². The summed E-state index contributed by atoms with van der Waals surface area (Å²) >= 11 is 0. The van der Waals surface area contributed by atoms with Gasteiger partial charge in [0.15, 0.2) is 0 Å². The van der Waals surface area contributed by atoms with Crippen LogP contribution in [0.4, 0.5) is 0 Å². The molecular formula is C16H29N3O4. The highest BCUT2D eigenvalue weighted by molar-refractivity contribution is 5.91. The van der Waals surface area contributed by atoms with Crippen molar-refractivity contribution in [3.05, 3.63) is 0 Å². The van der Waals surface area contributed by atoms with E-state index in [0.29, 0.717) is 0 Å². The first-order valence-corrected chi connectivity index (χ1v) is 7.93. The average molecular weight is 328 g/mol. The van der Waals surface area contributed by atoms with Crippen molar-refractivity contribution in [1.82, 2.24) is 10.6 Å². The molecule has 0 aromatic rings. The predicted molar refractivity (Wildman–Crippen MR) is 86.6 cm³/mol. The van der Waals surface area contributed by atoms with E-state index in [4.69, 9.17) is 7.16 Å². The Bertz CT molecular complexity index is 492. The van der Waals surface area contributed by atoms with Gasteiger partial charge in [-0.2, -0.15) is 0 Å². The molecule has 2 amide bonds. The van der Waals surface area contributed by atoms with Crippen molar-refractivity contribution in [3.63, 3.8) is 0 Å². The van der Waals surface area contributed by atoms with Gasteiger partial charge in [0.2, 0.25) is 11.8 Å². The minimum atomic E-state index is -1.16. The highest BCUT2D eigenvalue weighted by Crippen LogP contribution is 2.48. The number of carbonyl (C=O) groups excluding carboxylic acids is 2. The number of nitrogens with two attached hydrogens (primary N) is 1. The van der Waals surface area contributed by atoms with Crippen LogP contribution in [0.15, 0.2) is 0 Å². The molecule has 1 aliphatic rings. The lowest BCUT2D eigenvalue weighted by atomic mass is 9.78. The van der Waals surface area contributed by atoms with Crippen molar-refractivity contribution in [1.29, 1.82) is 1.43 Å². The van der Waals surface area contributed by atoms with Gasteiger partial charge >= 0.3 is 5.97 Å². The lowest BCUT2D eigenvalue weighted by molar-refractivity contribution is -0.139. The van der Waals surface area contributed by atoms with E-state index in [2.05, 4.69) is 43.4 Å². The normalized spacial score (nSPS) is 22.6. The molecule has 0 bridgehead atoms. The molecule has 132 valence electrons. The number of hydrogen-bond acceptors (Lipinski definition) is 5. The van der Waals surface area contributed by atoms with Gasteiger partial charge in [-0.15, -0.1) is 0 Å². The van der Waals surface area contributed by atoms with Gasteiger partial charge in [-0.25, -0.2) is 0 Å². The molecule has 0 aromatic heterocycles. The zero-order valence-electron chi connectivity index (χ0n) is 15.6. The topological polar surface area (TPSA) is 122 Å². The summed E-state index contributed by atoms with van der Waals surface area (Å²) in [5.74, 6) is -1.82. The van der Waals surface area contributed by atoms with E-state index in [1.807, 2.05) is 0 Å². The number of nitrogens with one attached hydrogen (secondary N) is 2. The molecule has 0 heterocycles. The molecule has 1 saturated carbocycles. The smallest absolute Gasteiger partial charge is 0.305 e. The lowest BCUT2D eigenvalue weighted by Crippen LogP contribution is -2.56. The van der Waals surface area contributed by atoms with Crippen LogP contribution in [-0.4, -0.2) is 41.0 Å². The van der Waals surface area contributed by atoms with E-state index in [0.717, 1.165) is 12.8 Å². The zero-order valence-corrected chi connectivity index (χ0v) is 14.6. The lowest BCUT2D eigenvalue weighted by Gasteiger charge is -2.36. The molecule has 0 radical (unpaired) electrons. The molecule has 1 aliphatic carbocycles. The number of carboxylic acid groups (broad SMARTS) is 1. The van der Waals surface area contributed by atoms with Gasteiger partial charge < -0.3 is 21.5 Å². The van der Waals surface area contributed by atoms with E-state index >= 15 is 0 Å². The fourth-order valence-corrected chi connectivity index (χ4v) is 3.31. The number of amides is 2. The molecule has 1 rings (SSSR count). The summed E-state index contributed by atoms with van der Waals surface area (Å²) in [6.07, 6.45) is 1.63. The summed E-state index contributed by atoms with van der Waals surface area (Å²) in [5.41, 5.74) is 5.53. The Balaban J connectivity index is 2.62. The molecule has 0 aromatic carbocycles. The predicted octanol–water partition coefficient (Wildman–Crippen LogP) is 0.624. The van der Waals surface area contributed by atoms with Crippen molar-refractivity contribution in [3.8, 4) is 0 Å². The van der Waals surface area contributed by atoms with Crippen molar-refractivity contribution >= 4 is 17.8 Å². The maximum absolute atomic E-state index is 12.4. The van der Waals surface area contributed by atoms with E-state index in [1.165, 1.54) is 0 Å². The van der Waals surface area contributed by atoms with Gasteiger partial charge in [-0.1, -0.05) is 27.7 Å². The standard InChI is InChI=1S/C16H29N3O4/c1-9(18-13(23)10(17)8-11(20)21)12(22)19-14-15(2,3)6-7-16(14,4)5/h9-10,14H,6-8,17H2,1-5H3,(H,18,23)(H,19,22)(H,20,21)/t9-,10-/m0/s1/i/hD. The van der Waals surface area contributed by atoms with E-state index in [9.17, 15) is 14.4 Å². The summed E-state index contributed by atoms with van der Waals surface area (Å²) in [6.45, 7) is 10.1. The van der Waals surface area contributed by atoms with Crippen LogP contribution in [0.2, 0.25) is 0 Å². The number of hydrogen-bond donors (Lipinski definition) is 4. The van der Waals surface area contributed by atoms with Crippen LogP contribution in [0.5, 0.6) is 0 Å². The molecule has 0 spiro atoms. The minimum Gasteiger partial charge on any atom is -0.481 e. The molecular weight excluding hydrogens is 298 g/mol. The summed E-state index contributed by atoms with van der Waals surface area (Å²) in [6, 6.07) is -1.93. The Morgan fingerprint density at radius 1 is 1.22 bits per heavy atom. The SMILES string of the molecule is [2H]OC(=O)C[C@H](N)C(=O)N[C@@H](C)C(=O)NC1C(C)(C)CCC1(C)C. The highest BCUT2D eigenvalue weighted by atomic mass is 16.4. The van der Waals surface area contributed by atoms with E-state index in [1.54, 1.807) is 6.92 Å². The van der Waals surface area contributed by atoms with Crippen LogP contribution in [-0.2, 0) is 14.4 Å². The van der Waals surface area contributed by atoms with Crippen molar-refractivity contribution < 1.29 is 19.5 Å². The van der Waals surface area contributed by atoms with Gasteiger partial charge in [0.1, 0.15) is 6.04 Å². The first-order valence-electron chi connectivity index (χ1n) is 8.34. The maximum atomic E-state index is 12.4. The Hall–Kier alpha value is -1.63. The fourth-order valence-electron chi connectivity index (χ4n) is 3.31. The summed E-state index contributed by atoms with van der Waals surface area (Å²) in [5, 5.41) is 9.26. The van der Waals surface area contributed by atoms with Crippen LogP contribution < -0.4 is 16.4 Å². The number of rotatable bonds is 6. The molecule has 2 atom stereocenters.